The number of carbonyl (C=O) groups is 1. The first-order valence-corrected chi connectivity index (χ1v) is 10.4. The van der Waals surface area contributed by atoms with Crippen LogP contribution < -0.4 is 5.32 Å². The highest BCUT2D eigenvalue weighted by Crippen LogP contribution is 2.20. The monoisotopic (exact) mass is 432 g/mol. The van der Waals surface area contributed by atoms with Crippen LogP contribution in [0.5, 0.6) is 0 Å². The van der Waals surface area contributed by atoms with E-state index in [4.69, 9.17) is 0 Å². The average Bonchev–Trinajstić information content (AvgIpc) is 3.11. The molecule has 0 aliphatic heterocycles. The molecule has 1 N–H and O–H groups in total. The van der Waals surface area contributed by atoms with Crippen molar-refractivity contribution in [3.8, 4) is 5.69 Å². The first kappa shape index (κ1) is 21.5. The number of rotatable bonds is 6. The molecule has 2 aromatic carbocycles. The van der Waals surface area contributed by atoms with E-state index in [2.05, 4.69) is 20.8 Å². The Kier molecular flexibility index (Phi) is 5.94. The molecule has 1 aromatic heterocycles. The minimum atomic E-state index is -3.84. The van der Waals surface area contributed by atoms with Crippen LogP contribution >= 0.6 is 0 Å². The van der Waals surface area contributed by atoms with Crippen molar-refractivity contribution in [3.05, 3.63) is 59.2 Å². The molecule has 0 radical (unpaired) electrons. The number of carbonyl (C=O) groups excluding carboxylic acids is 1. The molecular weight excluding hydrogens is 411 g/mol. The first-order valence-electron chi connectivity index (χ1n) is 8.98. The van der Waals surface area contributed by atoms with Crippen LogP contribution in [0.15, 0.2) is 41.3 Å². The van der Waals surface area contributed by atoms with Gasteiger partial charge in [0.15, 0.2) is 5.82 Å². The molecule has 30 heavy (non-hydrogen) atoms. The van der Waals surface area contributed by atoms with Gasteiger partial charge in [0.25, 0.3) is 0 Å². The lowest BCUT2D eigenvalue weighted by Crippen LogP contribution is -2.35. The van der Waals surface area contributed by atoms with Crippen LogP contribution in [-0.2, 0) is 14.8 Å². The summed E-state index contributed by atoms with van der Waals surface area (Å²) in [7, 11) is -2.52. The highest BCUT2D eigenvalue weighted by Gasteiger charge is 2.23. The number of hydrogen-bond donors (Lipinski definition) is 1. The molecule has 0 bridgehead atoms. The van der Waals surface area contributed by atoms with Gasteiger partial charge in [-0.25, -0.2) is 12.8 Å². The van der Waals surface area contributed by atoms with Gasteiger partial charge >= 0.3 is 0 Å². The summed E-state index contributed by atoms with van der Waals surface area (Å²) in [6, 6.07) is 8.70. The Morgan fingerprint density at radius 2 is 1.87 bits per heavy atom. The van der Waals surface area contributed by atoms with Crippen LogP contribution in [0.4, 0.5) is 10.1 Å². The lowest BCUT2D eigenvalue weighted by molar-refractivity contribution is -0.116. The number of aryl methyl sites for hydroxylation is 3. The molecule has 0 saturated heterocycles. The molecule has 3 rings (SSSR count). The summed E-state index contributed by atoms with van der Waals surface area (Å²) in [5.74, 6) is -0.773. The van der Waals surface area contributed by atoms with Crippen molar-refractivity contribution in [2.75, 3.05) is 18.9 Å². The number of aromatic nitrogens is 4. The summed E-state index contributed by atoms with van der Waals surface area (Å²) < 4.78 is 41.8. The second-order valence-corrected chi connectivity index (χ2v) is 8.90. The Morgan fingerprint density at radius 3 is 2.50 bits per heavy atom. The molecule has 0 spiro atoms. The SMILES string of the molecule is Cc1ccc(S(=O)(=O)N(C)CC(=O)Nc2ccc(F)c(-n3nnnc3C)c2)cc1C. The van der Waals surface area contributed by atoms with E-state index in [1.807, 2.05) is 13.8 Å². The maximum Gasteiger partial charge on any atom is 0.243 e. The zero-order valence-electron chi connectivity index (χ0n) is 16.9. The highest BCUT2D eigenvalue weighted by molar-refractivity contribution is 7.89. The first-order chi connectivity index (χ1) is 14.1. The molecule has 3 aromatic rings. The fourth-order valence-electron chi connectivity index (χ4n) is 2.75. The Balaban J connectivity index is 1.75. The highest BCUT2D eigenvalue weighted by atomic mass is 32.2. The van der Waals surface area contributed by atoms with Crippen LogP contribution in [0, 0.1) is 26.6 Å². The van der Waals surface area contributed by atoms with Crippen LogP contribution in [-0.4, -0.2) is 52.4 Å². The minimum Gasteiger partial charge on any atom is -0.325 e. The van der Waals surface area contributed by atoms with Gasteiger partial charge in [0.2, 0.25) is 15.9 Å². The molecule has 158 valence electrons. The quantitative estimate of drug-likeness (QED) is 0.638. The van der Waals surface area contributed by atoms with Crippen molar-refractivity contribution in [2.45, 2.75) is 25.7 Å². The smallest absolute Gasteiger partial charge is 0.243 e. The van der Waals surface area contributed by atoms with Gasteiger partial charge in [-0.05, 0) is 72.7 Å². The van der Waals surface area contributed by atoms with Crippen molar-refractivity contribution in [1.82, 2.24) is 24.5 Å². The van der Waals surface area contributed by atoms with Crippen molar-refractivity contribution in [3.63, 3.8) is 0 Å². The number of benzene rings is 2. The van der Waals surface area contributed by atoms with Crippen molar-refractivity contribution in [1.29, 1.82) is 0 Å². The van der Waals surface area contributed by atoms with Gasteiger partial charge < -0.3 is 5.32 Å². The summed E-state index contributed by atoms with van der Waals surface area (Å²) in [4.78, 5) is 12.5. The van der Waals surface area contributed by atoms with E-state index in [0.717, 1.165) is 15.4 Å². The second kappa shape index (κ2) is 8.28. The van der Waals surface area contributed by atoms with Gasteiger partial charge in [0, 0.05) is 12.7 Å². The minimum absolute atomic E-state index is 0.0615. The molecule has 0 fully saturated rings. The van der Waals surface area contributed by atoms with E-state index in [1.54, 1.807) is 19.1 Å². The van der Waals surface area contributed by atoms with Gasteiger partial charge in [-0.1, -0.05) is 6.07 Å². The number of nitrogens with one attached hydrogen (secondary N) is 1. The number of likely N-dealkylation sites (N-methyl/N-ethyl adjacent to an activating group) is 1. The summed E-state index contributed by atoms with van der Waals surface area (Å²) >= 11 is 0. The molecule has 0 saturated carbocycles. The lowest BCUT2D eigenvalue weighted by Gasteiger charge is -2.18. The molecule has 9 nitrogen and oxygen atoms in total. The Labute approximate surface area is 173 Å². The van der Waals surface area contributed by atoms with E-state index in [-0.39, 0.29) is 16.3 Å². The summed E-state index contributed by atoms with van der Waals surface area (Å²) in [5.41, 5.74) is 2.15. The van der Waals surface area contributed by atoms with Gasteiger partial charge in [0.1, 0.15) is 11.5 Å². The standard InChI is InChI=1S/C19H21FN6O3S/c1-12-5-7-16(9-13(12)2)30(28,29)25(4)11-19(27)21-15-6-8-17(20)18(10-15)26-14(3)22-23-24-26/h5-10H,11H2,1-4H3,(H,21,27). The third kappa shape index (κ3) is 4.36. The third-order valence-electron chi connectivity index (χ3n) is 4.64. The van der Waals surface area contributed by atoms with E-state index < -0.39 is 28.3 Å². The Morgan fingerprint density at radius 1 is 1.13 bits per heavy atom. The maximum atomic E-state index is 14.1. The van der Waals surface area contributed by atoms with Crippen LogP contribution in [0.25, 0.3) is 5.69 Å². The molecule has 0 atom stereocenters. The molecule has 0 aliphatic carbocycles. The molecule has 1 heterocycles. The number of hydrogen-bond acceptors (Lipinski definition) is 6. The van der Waals surface area contributed by atoms with Gasteiger partial charge in [-0.2, -0.15) is 8.99 Å². The predicted molar refractivity (Wildman–Crippen MR) is 108 cm³/mol. The predicted octanol–water partition coefficient (Wildman–Crippen LogP) is 1.99. The molecular formula is C19H21FN6O3S. The Hall–Kier alpha value is -3.18. The number of halogens is 1. The number of tetrazole rings is 1. The summed E-state index contributed by atoms with van der Waals surface area (Å²) in [6.45, 7) is 4.90. The van der Waals surface area contributed by atoms with Gasteiger partial charge in [-0.3, -0.25) is 4.79 Å². The molecule has 0 unspecified atom stereocenters. The van der Waals surface area contributed by atoms with Crippen molar-refractivity contribution in [2.24, 2.45) is 0 Å². The zero-order chi connectivity index (χ0) is 22.1. The van der Waals surface area contributed by atoms with E-state index >= 15 is 0 Å². The van der Waals surface area contributed by atoms with E-state index in [9.17, 15) is 17.6 Å². The van der Waals surface area contributed by atoms with Crippen LogP contribution in [0.2, 0.25) is 0 Å². The zero-order valence-corrected chi connectivity index (χ0v) is 17.7. The van der Waals surface area contributed by atoms with Crippen molar-refractivity contribution < 1.29 is 17.6 Å². The maximum absolute atomic E-state index is 14.1. The number of anilines is 1. The third-order valence-corrected chi connectivity index (χ3v) is 6.44. The Bertz CT molecular complexity index is 1210. The largest absolute Gasteiger partial charge is 0.325 e. The van der Waals surface area contributed by atoms with E-state index in [1.165, 1.54) is 36.0 Å². The fourth-order valence-corrected chi connectivity index (χ4v) is 3.96. The topological polar surface area (TPSA) is 110 Å². The second-order valence-electron chi connectivity index (χ2n) is 6.86. The van der Waals surface area contributed by atoms with Gasteiger partial charge in [-0.15, -0.1) is 5.10 Å². The lowest BCUT2D eigenvalue weighted by atomic mass is 10.1. The molecule has 1 amide bonds. The molecule has 0 aliphatic rings. The fraction of sp³-hybridized carbons (Fsp3) is 0.263. The van der Waals surface area contributed by atoms with Crippen LogP contribution in [0.1, 0.15) is 17.0 Å². The number of nitrogens with zero attached hydrogens (tertiary/aromatic N) is 5. The average molecular weight is 432 g/mol. The van der Waals surface area contributed by atoms with Crippen LogP contribution in [0.3, 0.4) is 0 Å². The number of amides is 1. The summed E-state index contributed by atoms with van der Waals surface area (Å²) in [5, 5.41) is 13.5. The van der Waals surface area contributed by atoms with Gasteiger partial charge in [0.05, 0.1) is 11.4 Å². The number of sulfonamides is 1. The van der Waals surface area contributed by atoms with E-state index in [0.29, 0.717) is 5.82 Å². The molecule has 11 heteroatoms. The normalized spacial score (nSPS) is 11.7. The van der Waals surface area contributed by atoms with Crippen molar-refractivity contribution >= 4 is 21.6 Å². The summed E-state index contributed by atoms with van der Waals surface area (Å²) in [6.07, 6.45) is 0.